The van der Waals surface area contributed by atoms with E-state index in [0.717, 1.165) is 4.57 Å². The minimum atomic E-state index is -0.572. The third-order valence-corrected chi connectivity index (χ3v) is 4.18. The lowest BCUT2D eigenvalue weighted by atomic mass is 10.2. The summed E-state index contributed by atoms with van der Waals surface area (Å²) in [6.07, 6.45) is 1.57. The molecule has 0 aromatic carbocycles. The molecule has 0 aliphatic carbocycles. The van der Waals surface area contributed by atoms with Gasteiger partial charge in [0.2, 0.25) is 5.91 Å². The second-order valence-electron chi connectivity index (χ2n) is 5.70. The second kappa shape index (κ2) is 7.50. The van der Waals surface area contributed by atoms with E-state index >= 15 is 0 Å². The fourth-order valence-corrected chi connectivity index (χ4v) is 2.80. The standard InChI is InChI=1S/C17H24N4O4/c1-6-20(7-2)12(22)10-21-16(23)13-14(25-8-3)11(4)9-18-15(13)19(5)17(21)24/h9H,6-8,10H2,1-5H3. The molecule has 0 aliphatic rings. The highest BCUT2D eigenvalue weighted by molar-refractivity contribution is 5.83. The maximum Gasteiger partial charge on any atom is 0.332 e. The minimum Gasteiger partial charge on any atom is -0.493 e. The average molecular weight is 348 g/mol. The summed E-state index contributed by atoms with van der Waals surface area (Å²) >= 11 is 0. The Kier molecular flexibility index (Phi) is 5.61. The van der Waals surface area contributed by atoms with Gasteiger partial charge in [-0.05, 0) is 27.7 Å². The maximum atomic E-state index is 12.9. The number of ether oxygens (including phenoxy) is 1. The number of fused-ring (bicyclic) bond motifs is 1. The average Bonchev–Trinajstić information content (AvgIpc) is 2.59. The molecule has 2 rings (SSSR count). The van der Waals surface area contributed by atoms with Crippen LogP contribution in [0.2, 0.25) is 0 Å². The highest BCUT2D eigenvalue weighted by atomic mass is 16.5. The second-order valence-corrected chi connectivity index (χ2v) is 5.70. The molecule has 2 aromatic heterocycles. The quantitative estimate of drug-likeness (QED) is 0.766. The van der Waals surface area contributed by atoms with Gasteiger partial charge in [0, 0.05) is 31.9 Å². The lowest BCUT2D eigenvalue weighted by Gasteiger charge is -2.19. The van der Waals surface area contributed by atoms with E-state index in [9.17, 15) is 14.4 Å². The van der Waals surface area contributed by atoms with Crippen LogP contribution in [-0.4, -0.2) is 44.6 Å². The number of rotatable bonds is 6. The van der Waals surface area contributed by atoms with Crippen molar-refractivity contribution in [3.05, 3.63) is 32.6 Å². The van der Waals surface area contributed by atoms with E-state index in [0.29, 0.717) is 31.0 Å². The Morgan fingerprint density at radius 3 is 2.44 bits per heavy atom. The van der Waals surface area contributed by atoms with Gasteiger partial charge in [0.1, 0.15) is 17.7 Å². The molecule has 0 aliphatic heterocycles. The predicted octanol–water partition coefficient (Wildman–Crippen LogP) is 0.671. The van der Waals surface area contributed by atoms with E-state index in [1.807, 2.05) is 20.8 Å². The fraction of sp³-hybridized carbons (Fsp3) is 0.529. The van der Waals surface area contributed by atoms with Gasteiger partial charge in [0.15, 0.2) is 5.65 Å². The number of aromatic nitrogens is 3. The molecule has 0 bridgehead atoms. The summed E-state index contributed by atoms with van der Waals surface area (Å²) < 4.78 is 7.83. The highest BCUT2D eigenvalue weighted by Crippen LogP contribution is 2.24. The zero-order chi connectivity index (χ0) is 18.7. The molecule has 0 unspecified atom stereocenters. The van der Waals surface area contributed by atoms with Crippen molar-refractivity contribution in [2.45, 2.75) is 34.2 Å². The first-order valence-electron chi connectivity index (χ1n) is 8.36. The predicted molar refractivity (Wildman–Crippen MR) is 95.1 cm³/mol. The molecule has 0 atom stereocenters. The first-order valence-corrected chi connectivity index (χ1v) is 8.36. The van der Waals surface area contributed by atoms with E-state index in [4.69, 9.17) is 4.74 Å². The molecular weight excluding hydrogens is 324 g/mol. The van der Waals surface area contributed by atoms with Crippen LogP contribution in [0.25, 0.3) is 11.0 Å². The molecule has 0 radical (unpaired) electrons. The number of nitrogens with zero attached hydrogens (tertiary/aromatic N) is 4. The molecule has 2 aromatic rings. The van der Waals surface area contributed by atoms with Crippen molar-refractivity contribution in [2.24, 2.45) is 7.05 Å². The van der Waals surface area contributed by atoms with Gasteiger partial charge in [-0.3, -0.25) is 14.2 Å². The number of aryl methyl sites for hydroxylation is 2. The van der Waals surface area contributed by atoms with Gasteiger partial charge in [0.05, 0.1) is 6.61 Å². The SMILES string of the molecule is CCOc1c(C)cnc2c1c(=O)n(CC(=O)N(CC)CC)c(=O)n2C. The van der Waals surface area contributed by atoms with Crippen molar-refractivity contribution in [2.75, 3.05) is 19.7 Å². The van der Waals surface area contributed by atoms with Gasteiger partial charge in [-0.1, -0.05) is 0 Å². The van der Waals surface area contributed by atoms with Crippen molar-refractivity contribution in [1.82, 2.24) is 19.0 Å². The molecular formula is C17H24N4O4. The summed E-state index contributed by atoms with van der Waals surface area (Å²) in [4.78, 5) is 43.7. The summed E-state index contributed by atoms with van der Waals surface area (Å²) in [6, 6.07) is 0. The van der Waals surface area contributed by atoms with E-state index in [2.05, 4.69) is 4.98 Å². The molecule has 0 spiro atoms. The minimum absolute atomic E-state index is 0.219. The summed E-state index contributed by atoms with van der Waals surface area (Å²) in [5.41, 5.74) is -0.183. The Morgan fingerprint density at radius 1 is 1.24 bits per heavy atom. The summed E-state index contributed by atoms with van der Waals surface area (Å²) in [6.45, 7) is 8.41. The fourth-order valence-electron chi connectivity index (χ4n) is 2.80. The van der Waals surface area contributed by atoms with Gasteiger partial charge < -0.3 is 9.64 Å². The van der Waals surface area contributed by atoms with Crippen LogP contribution in [0.5, 0.6) is 5.75 Å². The van der Waals surface area contributed by atoms with E-state index in [1.165, 1.54) is 11.6 Å². The number of pyridine rings is 1. The Hall–Kier alpha value is -2.64. The third-order valence-electron chi connectivity index (χ3n) is 4.18. The Labute approximate surface area is 145 Å². The molecule has 8 nitrogen and oxygen atoms in total. The molecule has 0 saturated carbocycles. The first-order chi connectivity index (χ1) is 11.9. The Balaban J connectivity index is 2.74. The topological polar surface area (TPSA) is 86.4 Å². The smallest absolute Gasteiger partial charge is 0.332 e. The van der Waals surface area contributed by atoms with Crippen molar-refractivity contribution < 1.29 is 9.53 Å². The Morgan fingerprint density at radius 2 is 1.88 bits per heavy atom. The zero-order valence-corrected chi connectivity index (χ0v) is 15.3. The third kappa shape index (κ3) is 3.29. The normalized spacial score (nSPS) is 10.9. The largest absolute Gasteiger partial charge is 0.493 e. The maximum absolute atomic E-state index is 12.9. The van der Waals surface area contributed by atoms with Gasteiger partial charge in [-0.25, -0.2) is 14.3 Å². The number of hydrogen-bond donors (Lipinski definition) is 0. The summed E-state index contributed by atoms with van der Waals surface area (Å²) in [5.74, 6) is 0.124. The van der Waals surface area contributed by atoms with Crippen molar-refractivity contribution in [3.8, 4) is 5.75 Å². The van der Waals surface area contributed by atoms with Crippen molar-refractivity contribution in [3.63, 3.8) is 0 Å². The van der Waals surface area contributed by atoms with Crippen LogP contribution < -0.4 is 16.0 Å². The number of hydrogen-bond acceptors (Lipinski definition) is 5. The van der Waals surface area contributed by atoms with Crippen LogP contribution in [0.15, 0.2) is 15.8 Å². The summed E-state index contributed by atoms with van der Waals surface area (Å²) in [7, 11) is 1.53. The molecule has 0 saturated heterocycles. The van der Waals surface area contributed by atoms with Gasteiger partial charge >= 0.3 is 5.69 Å². The zero-order valence-electron chi connectivity index (χ0n) is 15.3. The molecule has 0 N–H and O–H groups in total. The molecule has 1 amide bonds. The number of carbonyl (C=O) groups excluding carboxylic acids is 1. The van der Waals surface area contributed by atoms with Gasteiger partial charge in [-0.2, -0.15) is 0 Å². The summed E-state index contributed by atoms with van der Waals surface area (Å²) in [5, 5.41) is 0.219. The van der Waals surface area contributed by atoms with Crippen LogP contribution >= 0.6 is 0 Å². The molecule has 0 fully saturated rings. The number of likely N-dealkylation sites (N-methyl/N-ethyl adjacent to an activating group) is 1. The lowest BCUT2D eigenvalue weighted by Crippen LogP contribution is -2.44. The van der Waals surface area contributed by atoms with Crippen LogP contribution in [0.4, 0.5) is 0 Å². The van der Waals surface area contributed by atoms with E-state index in [1.54, 1.807) is 18.0 Å². The highest BCUT2D eigenvalue weighted by Gasteiger charge is 2.20. The lowest BCUT2D eigenvalue weighted by molar-refractivity contribution is -0.131. The Bertz CT molecular complexity index is 909. The van der Waals surface area contributed by atoms with E-state index in [-0.39, 0.29) is 23.5 Å². The number of amides is 1. The molecule has 136 valence electrons. The van der Waals surface area contributed by atoms with Crippen molar-refractivity contribution in [1.29, 1.82) is 0 Å². The van der Waals surface area contributed by atoms with Crippen LogP contribution in [-0.2, 0) is 18.4 Å². The van der Waals surface area contributed by atoms with E-state index < -0.39 is 11.2 Å². The van der Waals surface area contributed by atoms with Crippen LogP contribution in [0.3, 0.4) is 0 Å². The van der Waals surface area contributed by atoms with Gasteiger partial charge in [-0.15, -0.1) is 0 Å². The first kappa shape index (κ1) is 18.7. The molecule has 25 heavy (non-hydrogen) atoms. The van der Waals surface area contributed by atoms with Crippen molar-refractivity contribution >= 4 is 16.9 Å². The van der Waals surface area contributed by atoms with Crippen LogP contribution in [0.1, 0.15) is 26.3 Å². The molecule has 2 heterocycles. The van der Waals surface area contributed by atoms with Gasteiger partial charge in [0.25, 0.3) is 5.56 Å². The monoisotopic (exact) mass is 348 g/mol. The molecule has 8 heteroatoms. The van der Waals surface area contributed by atoms with Crippen LogP contribution in [0, 0.1) is 6.92 Å². The number of carbonyl (C=O) groups is 1.